The quantitative estimate of drug-likeness (QED) is 0.796. The topological polar surface area (TPSA) is 59.5 Å². The molecule has 112 valence electrons. The fourth-order valence-electron chi connectivity index (χ4n) is 2.25. The molecule has 0 N–H and O–H groups in total. The van der Waals surface area contributed by atoms with Gasteiger partial charge < -0.3 is 9.16 Å². The van der Waals surface area contributed by atoms with Gasteiger partial charge in [0.1, 0.15) is 18.4 Å². The molecule has 0 aromatic carbocycles. The predicted octanol–water partition coefficient (Wildman–Crippen LogP) is 3.21. The van der Waals surface area contributed by atoms with Crippen LogP contribution in [-0.4, -0.2) is 30.1 Å². The lowest BCUT2D eigenvalue weighted by molar-refractivity contribution is 0.0451. The van der Waals surface area contributed by atoms with Gasteiger partial charge in [-0.3, -0.25) is 0 Å². The van der Waals surface area contributed by atoms with Crippen LogP contribution in [0.5, 0.6) is 5.75 Å². The van der Waals surface area contributed by atoms with Crippen molar-refractivity contribution >= 4 is 13.8 Å². The minimum atomic E-state index is -1.61. The average Bonchev–Trinajstić information content (AvgIpc) is 2.75. The van der Waals surface area contributed by atoms with E-state index >= 15 is 0 Å². The summed E-state index contributed by atoms with van der Waals surface area (Å²) in [7, 11) is -1.61. The first kappa shape index (κ1) is 15.5. The fraction of sp³-hybridized carbons (Fsp3) is 0.467. The molecule has 21 heavy (non-hydrogen) atoms. The Morgan fingerprint density at radius 1 is 1.33 bits per heavy atom. The summed E-state index contributed by atoms with van der Waals surface area (Å²) < 4.78 is 13.6. The second-order valence-corrected chi connectivity index (χ2v) is 11.1. The van der Waals surface area contributed by atoms with Crippen LogP contribution in [0.3, 0.4) is 0 Å². The average molecular weight is 303 g/mol. The van der Waals surface area contributed by atoms with E-state index in [1.807, 2.05) is 26.0 Å². The van der Waals surface area contributed by atoms with Gasteiger partial charge in [-0.1, -0.05) is 0 Å². The number of aromatic nitrogens is 2. The normalized spacial score (nSPS) is 12.4. The first-order chi connectivity index (χ1) is 9.70. The minimum Gasteiger partial charge on any atom is -0.489 e. The molecule has 0 aliphatic carbocycles. The lowest BCUT2D eigenvalue weighted by Crippen LogP contribution is -2.42. The molecule has 0 unspecified atom stereocenters. The van der Waals surface area contributed by atoms with Gasteiger partial charge in [-0.25, -0.2) is 4.52 Å². The zero-order valence-electron chi connectivity index (χ0n) is 13.2. The van der Waals surface area contributed by atoms with Crippen molar-refractivity contribution in [1.29, 1.82) is 5.26 Å². The van der Waals surface area contributed by atoms with Crippen LogP contribution in [0.1, 0.15) is 19.4 Å². The van der Waals surface area contributed by atoms with Gasteiger partial charge in [0.05, 0.1) is 29.1 Å². The Kier molecular flexibility index (Phi) is 4.08. The van der Waals surface area contributed by atoms with Gasteiger partial charge in [-0.2, -0.15) is 10.4 Å². The Bertz CT molecular complexity index is 680. The van der Waals surface area contributed by atoms with E-state index in [9.17, 15) is 0 Å². The van der Waals surface area contributed by atoms with E-state index in [2.05, 4.69) is 30.8 Å². The van der Waals surface area contributed by atoms with Crippen molar-refractivity contribution < 1.29 is 9.16 Å². The van der Waals surface area contributed by atoms with Gasteiger partial charge in [0, 0.05) is 0 Å². The molecule has 2 heterocycles. The monoisotopic (exact) mass is 303 g/mol. The lowest BCUT2D eigenvalue weighted by Gasteiger charge is -2.32. The summed E-state index contributed by atoms with van der Waals surface area (Å²) in [5.74, 6) is 0.711. The molecule has 2 aromatic rings. The maximum absolute atomic E-state index is 8.96. The third kappa shape index (κ3) is 4.06. The first-order valence-electron chi connectivity index (χ1n) is 6.91. The largest absolute Gasteiger partial charge is 0.489 e. The third-order valence-corrected chi connectivity index (χ3v) is 3.94. The summed E-state index contributed by atoms with van der Waals surface area (Å²) in [4.78, 5) is 0. The molecule has 0 aliphatic rings. The van der Waals surface area contributed by atoms with Gasteiger partial charge in [0.25, 0.3) is 0 Å². The van der Waals surface area contributed by atoms with Crippen LogP contribution in [0.25, 0.3) is 5.52 Å². The third-order valence-electron chi connectivity index (χ3n) is 2.78. The maximum Gasteiger partial charge on any atom is 0.184 e. The first-order valence-corrected chi connectivity index (χ1v) is 10.3. The highest BCUT2D eigenvalue weighted by Gasteiger charge is 2.28. The highest BCUT2D eigenvalue weighted by atomic mass is 28.4. The number of hydrogen-bond acceptors (Lipinski definition) is 4. The molecule has 0 fully saturated rings. The summed E-state index contributed by atoms with van der Waals surface area (Å²) in [5, 5.41) is 13.1. The Balaban J connectivity index is 2.09. The molecule has 0 spiro atoms. The van der Waals surface area contributed by atoms with Gasteiger partial charge in [0.15, 0.2) is 8.32 Å². The minimum absolute atomic E-state index is 0.332. The van der Waals surface area contributed by atoms with Crippen molar-refractivity contribution in [2.24, 2.45) is 0 Å². The van der Waals surface area contributed by atoms with Crippen LogP contribution in [0, 0.1) is 11.3 Å². The van der Waals surface area contributed by atoms with E-state index in [1.165, 1.54) is 0 Å². The molecular weight excluding hydrogens is 282 g/mol. The van der Waals surface area contributed by atoms with Gasteiger partial charge in [0.2, 0.25) is 0 Å². The van der Waals surface area contributed by atoms with Gasteiger partial charge in [-0.15, -0.1) is 0 Å². The van der Waals surface area contributed by atoms with Gasteiger partial charge >= 0.3 is 0 Å². The second kappa shape index (κ2) is 5.51. The van der Waals surface area contributed by atoms with Crippen LogP contribution >= 0.6 is 0 Å². The standard InChI is InChI=1S/C15H21N3O2Si/c1-15(2,20-21(3,4)5)11-19-13-6-7-14-12(8-16)9-17-18(14)10-13/h6-7,9-10H,11H2,1-5H3. The van der Waals surface area contributed by atoms with Crippen molar-refractivity contribution in [3.8, 4) is 11.8 Å². The SMILES string of the molecule is CC(C)(COc1ccc2c(C#N)cnn2c1)O[Si](C)(C)C. The summed E-state index contributed by atoms with van der Waals surface area (Å²) in [5.41, 5.74) is 1.01. The number of ether oxygens (including phenoxy) is 1. The molecule has 5 nitrogen and oxygen atoms in total. The Morgan fingerprint density at radius 3 is 2.67 bits per heavy atom. The Morgan fingerprint density at radius 2 is 2.05 bits per heavy atom. The lowest BCUT2D eigenvalue weighted by atomic mass is 10.2. The second-order valence-electron chi connectivity index (χ2n) is 6.63. The Labute approximate surface area is 126 Å². The van der Waals surface area contributed by atoms with Crippen molar-refractivity contribution in [3.63, 3.8) is 0 Å². The zero-order valence-corrected chi connectivity index (χ0v) is 14.2. The molecule has 0 atom stereocenters. The molecule has 0 aliphatic heterocycles. The summed E-state index contributed by atoms with van der Waals surface area (Å²) in [6, 6.07) is 5.80. The number of pyridine rings is 1. The van der Waals surface area contributed by atoms with Crippen LogP contribution in [0.4, 0.5) is 0 Å². The smallest absolute Gasteiger partial charge is 0.184 e. The van der Waals surface area contributed by atoms with Crippen LogP contribution in [0.2, 0.25) is 19.6 Å². The van der Waals surface area contributed by atoms with E-state index in [-0.39, 0.29) is 5.60 Å². The molecule has 0 saturated heterocycles. The van der Waals surface area contributed by atoms with Crippen LogP contribution < -0.4 is 4.74 Å². The van der Waals surface area contributed by atoms with Gasteiger partial charge in [-0.05, 0) is 45.6 Å². The molecule has 0 saturated carbocycles. The highest BCUT2D eigenvalue weighted by Crippen LogP contribution is 2.21. The number of fused-ring (bicyclic) bond motifs is 1. The van der Waals surface area contributed by atoms with E-state index in [4.69, 9.17) is 14.4 Å². The molecular formula is C15H21N3O2Si. The molecule has 6 heteroatoms. The molecule has 0 radical (unpaired) electrons. The van der Waals surface area contributed by atoms with Crippen LogP contribution in [0.15, 0.2) is 24.5 Å². The molecule has 2 aromatic heterocycles. The van der Waals surface area contributed by atoms with Crippen molar-refractivity contribution in [3.05, 3.63) is 30.1 Å². The van der Waals surface area contributed by atoms with E-state index in [1.54, 1.807) is 16.9 Å². The Hall–Kier alpha value is -1.84. The summed E-state index contributed by atoms with van der Waals surface area (Å²) in [6.07, 6.45) is 3.33. The fourth-order valence-corrected chi connectivity index (χ4v) is 3.97. The van der Waals surface area contributed by atoms with Crippen molar-refractivity contribution in [2.45, 2.75) is 39.1 Å². The summed E-state index contributed by atoms with van der Waals surface area (Å²) >= 11 is 0. The molecule has 2 rings (SSSR count). The number of rotatable bonds is 5. The van der Waals surface area contributed by atoms with E-state index in [0.29, 0.717) is 17.9 Å². The number of nitrogens with zero attached hydrogens (tertiary/aromatic N) is 3. The van der Waals surface area contributed by atoms with Crippen molar-refractivity contribution in [2.75, 3.05) is 6.61 Å². The number of nitriles is 1. The van der Waals surface area contributed by atoms with Crippen molar-refractivity contribution in [1.82, 2.24) is 9.61 Å². The maximum atomic E-state index is 8.96. The summed E-state index contributed by atoms with van der Waals surface area (Å²) in [6.45, 7) is 11.0. The van der Waals surface area contributed by atoms with Crippen LogP contribution in [-0.2, 0) is 4.43 Å². The molecule has 0 bridgehead atoms. The van der Waals surface area contributed by atoms with E-state index < -0.39 is 8.32 Å². The zero-order chi connectivity index (χ0) is 15.7. The molecule has 0 amide bonds. The number of hydrogen-bond donors (Lipinski definition) is 0. The predicted molar refractivity (Wildman–Crippen MR) is 83.9 cm³/mol. The highest BCUT2D eigenvalue weighted by molar-refractivity contribution is 6.69. The van der Waals surface area contributed by atoms with E-state index in [0.717, 1.165) is 5.52 Å².